The highest BCUT2D eigenvalue weighted by Crippen LogP contribution is 2.00. The van der Waals surface area contributed by atoms with Crippen molar-refractivity contribution in [2.45, 2.75) is 33.4 Å². The lowest BCUT2D eigenvalue weighted by molar-refractivity contribution is -0.128. The van der Waals surface area contributed by atoms with E-state index in [1.54, 1.807) is 6.92 Å². The van der Waals surface area contributed by atoms with Crippen LogP contribution in [0, 0.1) is 5.92 Å². The molecule has 0 radical (unpaired) electrons. The fraction of sp³-hybridized carbons (Fsp3) is 0.857. The molecule has 188 valence electrons. The summed E-state index contributed by atoms with van der Waals surface area (Å²) < 4.78 is 40.0. The van der Waals surface area contributed by atoms with Crippen LogP contribution in [0.15, 0.2) is 0 Å². The summed E-state index contributed by atoms with van der Waals surface area (Å²) in [7, 11) is 0. The van der Waals surface area contributed by atoms with E-state index >= 15 is 0 Å². The van der Waals surface area contributed by atoms with Crippen molar-refractivity contribution in [1.82, 2.24) is 10.6 Å². The van der Waals surface area contributed by atoms with Gasteiger partial charge in [-0.3, -0.25) is 14.4 Å². The molecule has 2 atom stereocenters. The van der Waals surface area contributed by atoms with Crippen LogP contribution >= 0.6 is 0 Å². The van der Waals surface area contributed by atoms with Gasteiger partial charge in [0.05, 0.1) is 66.0 Å². The Morgan fingerprint density at radius 1 is 0.750 bits per heavy atom. The first kappa shape index (κ1) is 30.3. The third-order valence-electron chi connectivity index (χ3n) is 4.14. The minimum Gasteiger partial charge on any atom is -0.377 e. The molecule has 0 saturated carbocycles. The Labute approximate surface area is 189 Å². The number of amides is 2. The van der Waals surface area contributed by atoms with E-state index in [-0.39, 0.29) is 43.9 Å². The highest BCUT2D eigenvalue weighted by Gasteiger charge is 2.19. The van der Waals surface area contributed by atoms with E-state index in [1.165, 1.54) is 6.92 Å². The Hall–Kier alpha value is -1.66. The standard InChI is InChI=1S/C21H39FN2O8/c1-4-17(2)20(26)24-15-19(22)21(27)23-5-6-28-7-8-29-9-10-30-11-12-31-13-14-32-16-18(3)25/h17,19H,4-16H2,1-3H3,(H,23,27)(H,24,26). The van der Waals surface area contributed by atoms with Crippen molar-refractivity contribution in [3.8, 4) is 0 Å². The second-order valence-electron chi connectivity index (χ2n) is 7.02. The monoisotopic (exact) mass is 466 g/mol. The normalized spacial score (nSPS) is 12.9. The molecule has 0 aliphatic heterocycles. The number of alkyl halides is 1. The van der Waals surface area contributed by atoms with Crippen LogP contribution in [0.3, 0.4) is 0 Å². The Bertz CT molecular complexity index is 510. The van der Waals surface area contributed by atoms with Crippen LogP contribution in [0.4, 0.5) is 4.39 Å². The lowest BCUT2D eigenvalue weighted by Crippen LogP contribution is -2.42. The van der Waals surface area contributed by atoms with Crippen molar-refractivity contribution >= 4 is 17.6 Å². The van der Waals surface area contributed by atoms with Gasteiger partial charge in [0.2, 0.25) is 5.91 Å². The van der Waals surface area contributed by atoms with Crippen LogP contribution in [-0.2, 0) is 38.1 Å². The molecule has 0 aliphatic rings. The van der Waals surface area contributed by atoms with Crippen molar-refractivity contribution in [2.75, 3.05) is 79.2 Å². The molecule has 10 nitrogen and oxygen atoms in total. The van der Waals surface area contributed by atoms with Crippen LogP contribution in [0.1, 0.15) is 27.2 Å². The smallest absolute Gasteiger partial charge is 0.256 e. The molecule has 2 amide bonds. The molecular formula is C21H39FN2O8. The number of halogens is 1. The first-order chi connectivity index (χ1) is 15.4. The van der Waals surface area contributed by atoms with E-state index in [2.05, 4.69) is 10.6 Å². The molecule has 2 unspecified atom stereocenters. The summed E-state index contributed by atoms with van der Waals surface area (Å²) in [5.74, 6) is -1.27. The van der Waals surface area contributed by atoms with E-state index in [0.717, 1.165) is 0 Å². The lowest BCUT2D eigenvalue weighted by atomic mass is 10.1. The average Bonchev–Trinajstić information content (AvgIpc) is 2.78. The van der Waals surface area contributed by atoms with Crippen LogP contribution in [-0.4, -0.2) is 103 Å². The maximum Gasteiger partial charge on any atom is 0.256 e. The van der Waals surface area contributed by atoms with E-state index in [9.17, 15) is 18.8 Å². The molecule has 0 fully saturated rings. The first-order valence-corrected chi connectivity index (χ1v) is 11.0. The molecule has 0 spiro atoms. The molecule has 0 heterocycles. The summed E-state index contributed by atoms with van der Waals surface area (Å²) in [6, 6.07) is 0. The lowest BCUT2D eigenvalue weighted by Gasteiger charge is -2.13. The van der Waals surface area contributed by atoms with Crippen LogP contribution in [0.5, 0.6) is 0 Å². The van der Waals surface area contributed by atoms with Crippen LogP contribution in [0.25, 0.3) is 0 Å². The molecule has 0 bridgehead atoms. The van der Waals surface area contributed by atoms with Gasteiger partial charge in [0, 0.05) is 12.5 Å². The molecule has 0 saturated heterocycles. The molecule has 32 heavy (non-hydrogen) atoms. The van der Waals surface area contributed by atoms with Crippen molar-refractivity contribution < 1.29 is 42.5 Å². The molecular weight excluding hydrogens is 427 g/mol. The molecule has 0 aliphatic carbocycles. The number of ether oxygens (including phenoxy) is 5. The minimum absolute atomic E-state index is 0.0175. The van der Waals surface area contributed by atoms with Crippen molar-refractivity contribution in [1.29, 1.82) is 0 Å². The number of nitrogens with one attached hydrogen (secondary N) is 2. The molecule has 0 aromatic rings. The SMILES string of the molecule is CCC(C)C(=O)NCC(F)C(=O)NCCOCCOCCOCCOCCOCC(C)=O. The fourth-order valence-electron chi connectivity index (χ4n) is 2.10. The predicted molar refractivity (Wildman–Crippen MR) is 115 cm³/mol. The molecule has 2 N–H and O–H groups in total. The highest BCUT2D eigenvalue weighted by atomic mass is 19.1. The molecule has 0 aromatic heterocycles. The van der Waals surface area contributed by atoms with E-state index in [4.69, 9.17) is 23.7 Å². The summed E-state index contributed by atoms with van der Waals surface area (Å²) >= 11 is 0. The third-order valence-corrected chi connectivity index (χ3v) is 4.14. The summed E-state index contributed by atoms with van der Waals surface area (Å²) in [6.45, 7) is 8.41. The van der Waals surface area contributed by atoms with Crippen molar-refractivity contribution in [3.63, 3.8) is 0 Å². The van der Waals surface area contributed by atoms with E-state index in [0.29, 0.717) is 59.3 Å². The molecule has 0 rings (SSSR count). The van der Waals surface area contributed by atoms with Gasteiger partial charge < -0.3 is 34.3 Å². The highest BCUT2D eigenvalue weighted by molar-refractivity contribution is 5.83. The van der Waals surface area contributed by atoms with Gasteiger partial charge >= 0.3 is 0 Å². The van der Waals surface area contributed by atoms with Crippen LogP contribution in [0.2, 0.25) is 0 Å². The first-order valence-electron chi connectivity index (χ1n) is 11.0. The zero-order chi connectivity index (χ0) is 24.0. The summed E-state index contributed by atoms with van der Waals surface area (Å²) in [4.78, 5) is 33.8. The summed E-state index contributed by atoms with van der Waals surface area (Å²) in [5, 5.41) is 4.83. The number of carbonyl (C=O) groups is 3. The maximum atomic E-state index is 13.7. The van der Waals surface area contributed by atoms with E-state index < -0.39 is 12.1 Å². The minimum atomic E-state index is -1.79. The fourth-order valence-corrected chi connectivity index (χ4v) is 2.10. The van der Waals surface area contributed by atoms with Gasteiger partial charge in [0.1, 0.15) is 6.61 Å². The van der Waals surface area contributed by atoms with Gasteiger partial charge in [-0.15, -0.1) is 0 Å². The number of carbonyl (C=O) groups excluding carboxylic acids is 3. The van der Waals surface area contributed by atoms with Gasteiger partial charge in [-0.2, -0.15) is 0 Å². The molecule has 11 heteroatoms. The van der Waals surface area contributed by atoms with Crippen molar-refractivity contribution in [3.05, 3.63) is 0 Å². The Balaban J connectivity index is 3.35. The Kier molecular flexibility index (Phi) is 20.1. The zero-order valence-electron chi connectivity index (χ0n) is 19.5. The quantitative estimate of drug-likeness (QED) is 0.218. The number of ketones is 1. The van der Waals surface area contributed by atoms with Gasteiger partial charge in [-0.1, -0.05) is 13.8 Å². The Morgan fingerprint density at radius 3 is 1.69 bits per heavy atom. The zero-order valence-corrected chi connectivity index (χ0v) is 19.5. The number of hydrogen-bond acceptors (Lipinski definition) is 8. The third kappa shape index (κ3) is 19.1. The predicted octanol–water partition coefficient (Wildman–Crippen LogP) is 0.275. The number of Topliss-reactive ketones (excluding diaryl/α,β-unsaturated/α-hetero) is 1. The number of rotatable bonds is 22. The Morgan fingerprint density at radius 2 is 1.22 bits per heavy atom. The van der Waals surface area contributed by atoms with Gasteiger partial charge in [0.15, 0.2) is 12.0 Å². The number of hydrogen-bond donors (Lipinski definition) is 2. The average molecular weight is 467 g/mol. The van der Waals surface area contributed by atoms with Gasteiger partial charge in [0.25, 0.3) is 5.91 Å². The summed E-state index contributed by atoms with van der Waals surface area (Å²) in [6.07, 6.45) is -1.14. The summed E-state index contributed by atoms with van der Waals surface area (Å²) in [5.41, 5.74) is 0. The van der Waals surface area contributed by atoms with Crippen molar-refractivity contribution in [2.24, 2.45) is 5.92 Å². The molecule has 0 aromatic carbocycles. The van der Waals surface area contributed by atoms with Gasteiger partial charge in [-0.25, -0.2) is 4.39 Å². The second kappa shape index (κ2) is 21.2. The largest absolute Gasteiger partial charge is 0.377 e. The maximum absolute atomic E-state index is 13.7. The van der Waals surface area contributed by atoms with E-state index in [1.807, 2.05) is 6.92 Å². The second-order valence-corrected chi connectivity index (χ2v) is 7.02. The van der Waals surface area contributed by atoms with Crippen LogP contribution < -0.4 is 10.6 Å². The topological polar surface area (TPSA) is 121 Å². The van der Waals surface area contributed by atoms with Gasteiger partial charge in [-0.05, 0) is 13.3 Å².